The summed E-state index contributed by atoms with van der Waals surface area (Å²) in [5, 5.41) is 12.1. The zero-order valence-corrected chi connectivity index (χ0v) is 15.6. The second-order valence-electron chi connectivity index (χ2n) is 8.73. The van der Waals surface area contributed by atoms with Crippen LogP contribution >= 0.6 is 0 Å². The predicted octanol–water partition coefficient (Wildman–Crippen LogP) is 3.59. The Morgan fingerprint density at radius 1 is 1.19 bits per heavy atom. The molecule has 0 spiro atoms. The van der Waals surface area contributed by atoms with Gasteiger partial charge in [-0.25, -0.2) is 0 Å². The minimum Gasteiger partial charge on any atom is -0.305 e. The molecule has 1 amide bonds. The zero-order valence-electron chi connectivity index (χ0n) is 15.6. The Bertz CT molecular complexity index is 813. The van der Waals surface area contributed by atoms with E-state index in [0.717, 1.165) is 30.0 Å². The molecule has 2 heterocycles. The number of aryl methyl sites for hydroxylation is 2. The lowest BCUT2D eigenvalue weighted by Gasteiger charge is -2.56. The van der Waals surface area contributed by atoms with Crippen LogP contribution in [0.15, 0.2) is 18.5 Å². The van der Waals surface area contributed by atoms with Gasteiger partial charge in [0.1, 0.15) is 0 Å². The van der Waals surface area contributed by atoms with Gasteiger partial charge in [-0.3, -0.25) is 14.2 Å². The molecular weight excluding hydrogens is 326 g/mol. The molecule has 138 valence electrons. The monoisotopic (exact) mass is 353 g/mol. The van der Waals surface area contributed by atoms with Gasteiger partial charge < -0.3 is 5.32 Å². The maximum atomic E-state index is 12.6. The number of carbonyl (C=O) groups is 1. The van der Waals surface area contributed by atoms with E-state index >= 15 is 0 Å². The molecule has 4 aliphatic rings. The Hall–Kier alpha value is -2.11. The molecule has 26 heavy (non-hydrogen) atoms. The molecule has 4 aliphatic carbocycles. The first-order chi connectivity index (χ1) is 12.5. The van der Waals surface area contributed by atoms with Gasteiger partial charge in [-0.2, -0.15) is 10.2 Å². The molecule has 0 aliphatic heterocycles. The van der Waals surface area contributed by atoms with Gasteiger partial charge in [-0.1, -0.05) is 0 Å². The van der Waals surface area contributed by atoms with Crippen molar-refractivity contribution < 1.29 is 4.79 Å². The number of amides is 1. The quantitative estimate of drug-likeness (QED) is 0.913. The summed E-state index contributed by atoms with van der Waals surface area (Å²) in [7, 11) is 0. The first kappa shape index (κ1) is 16.1. The van der Waals surface area contributed by atoms with Crippen molar-refractivity contribution in [1.29, 1.82) is 0 Å². The molecule has 0 atom stereocenters. The number of rotatable bonds is 4. The number of hydrogen-bond donors (Lipinski definition) is 1. The topological polar surface area (TPSA) is 64.7 Å². The smallest absolute Gasteiger partial charge is 0.260 e. The minimum absolute atomic E-state index is 0.127. The van der Waals surface area contributed by atoms with E-state index in [1.807, 2.05) is 19.9 Å². The van der Waals surface area contributed by atoms with E-state index in [0.29, 0.717) is 11.4 Å². The summed E-state index contributed by atoms with van der Waals surface area (Å²) in [6, 6.07) is 1.94. The SMILES string of the molecule is CCn1cc(C(=O)Nc2ccn(C34CC5CC(CC(C5)C3)C4)n2)c(C)n1. The summed E-state index contributed by atoms with van der Waals surface area (Å²) in [6.45, 7) is 4.64. The van der Waals surface area contributed by atoms with Crippen molar-refractivity contribution >= 4 is 11.7 Å². The molecule has 6 rings (SSSR count). The van der Waals surface area contributed by atoms with E-state index in [9.17, 15) is 4.79 Å². The average Bonchev–Trinajstić information content (AvgIpc) is 3.20. The lowest BCUT2D eigenvalue weighted by Crippen LogP contribution is -2.52. The average molecular weight is 353 g/mol. The van der Waals surface area contributed by atoms with E-state index < -0.39 is 0 Å². The van der Waals surface area contributed by atoms with Crippen LogP contribution in [0.1, 0.15) is 61.5 Å². The maximum Gasteiger partial charge on any atom is 0.260 e. The van der Waals surface area contributed by atoms with Crippen molar-refractivity contribution in [2.75, 3.05) is 5.32 Å². The van der Waals surface area contributed by atoms with Gasteiger partial charge in [0, 0.05) is 25.0 Å². The minimum atomic E-state index is -0.127. The lowest BCUT2D eigenvalue weighted by atomic mass is 9.53. The van der Waals surface area contributed by atoms with Crippen LogP contribution in [0, 0.1) is 24.7 Å². The standard InChI is InChI=1S/C20H27N5O/c1-3-24-12-17(13(2)22-24)19(26)21-18-4-5-25(23-18)20-9-14-6-15(10-20)8-16(7-14)11-20/h4-5,12,14-16H,3,6-11H2,1-2H3,(H,21,23,26). The molecule has 2 aromatic heterocycles. The van der Waals surface area contributed by atoms with Crippen molar-refractivity contribution in [3.05, 3.63) is 29.7 Å². The van der Waals surface area contributed by atoms with Crippen LogP contribution < -0.4 is 5.32 Å². The van der Waals surface area contributed by atoms with E-state index in [1.165, 1.54) is 38.5 Å². The van der Waals surface area contributed by atoms with Crippen LogP contribution in [0.25, 0.3) is 0 Å². The second-order valence-corrected chi connectivity index (χ2v) is 8.73. The summed E-state index contributed by atoms with van der Waals surface area (Å²) in [6.07, 6.45) is 11.9. The number of carbonyl (C=O) groups excluding carboxylic acids is 1. The first-order valence-electron chi connectivity index (χ1n) is 9.96. The van der Waals surface area contributed by atoms with Gasteiger partial charge in [0.25, 0.3) is 5.91 Å². The molecule has 4 fully saturated rings. The number of anilines is 1. The van der Waals surface area contributed by atoms with Gasteiger partial charge in [0.15, 0.2) is 5.82 Å². The van der Waals surface area contributed by atoms with E-state index in [-0.39, 0.29) is 11.4 Å². The normalized spacial score (nSPS) is 32.2. The first-order valence-corrected chi connectivity index (χ1v) is 9.96. The number of nitrogens with one attached hydrogen (secondary N) is 1. The molecular formula is C20H27N5O. The highest BCUT2D eigenvalue weighted by atomic mass is 16.1. The molecule has 6 heteroatoms. The number of hydrogen-bond acceptors (Lipinski definition) is 3. The Kier molecular flexibility index (Phi) is 3.52. The van der Waals surface area contributed by atoms with Crippen LogP contribution in [-0.4, -0.2) is 25.5 Å². The lowest BCUT2D eigenvalue weighted by molar-refractivity contribution is -0.0492. The molecule has 0 saturated heterocycles. The van der Waals surface area contributed by atoms with Crippen molar-refractivity contribution in [3.8, 4) is 0 Å². The summed E-state index contributed by atoms with van der Waals surface area (Å²) in [4.78, 5) is 12.6. The fourth-order valence-corrected chi connectivity index (χ4v) is 6.09. The van der Waals surface area contributed by atoms with E-state index in [4.69, 9.17) is 5.10 Å². The van der Waals surface area contributed by atoms with Crippen molar-refractivity contribution in [2.24, 2.45) is 17.8 Å². The summed E-state index contributed by atoms with van der Waals surface area (Å²) >= 11 is 0. The summed E-state index contributed by atoms with van der Waals surface area (Å²) in [5.74, 6) is 3.16. The third-order valence-corrected chi connectivity index (χ3v) is 6.84. The Balaban J connectivity index is 1.36. The van der Waals surface area contributed by atoms with Crippen molar-refractivity contribution in [1.82, 2.24) is 19.6 Å². The number of nitrogens with zero attached hydrogens (tertiary/aromatic N) is 4. The molecule has 0 unspecified atom stereocenters. The Morgan fingerprint density at radius 2 is 1.85 bits per heavy atom. The van der Waals surface area contributed by atoms with E-state index in [1.54, 1.807) is 10.9 Å². The third kappa shape index (κ3) is 2.49. The van der Waals surface area contributed by atoms with Crippen LogP contribution in [0.2, 0.25) is 0 Å². The molecule has 2 aromatic rings. The Labute approximate surface area is 154 Å². The van der Waals surface area contributed by atoms with Crippen LogP contribution in [0.3, 0.4) is 0 Å². The van der Waals surface area contributed by atoms with Gasteiger partial charge in [0.05, 0.1) is 16.8 Å². The van der Waals surface area contributed by atoms with Gasteiger partial charge in [0.2, 0.25) is 0 Å². The predicted molar refractivity (Wildman–Crippen MR) is 99.0 cm³/mol. The van der Waals surface area contributed by atoms with Crippen molar-refractivity contribution in [3.63, 3.8) is 0 Å². The third-order valence-electron chi connectivity index (χ3n) is 6.84. The highest BCUT2D eigenvalue weighted by Crippen LogP contribution is 2.58. The fourth-order valence-electron chi connectivity index (χ4n) is 6.09. The van der Waals surface area contributed by atoms with Crippen molar-refractivity contribution in [2.45, 2.75) is 64.5 Å². The highest BCUT2D eigenvalue weighted by molar-refractivity contribution is 6.04. The van der Waals surface area contributed by atoms with Crippen LogP contribution in [-0.2, 0) is 12.1 Å². The fraction of sp³-hybridized carbons (Fsp3) is 0.650. The number of aromatic nitrogens is 4. The largest absolute Gasteiger partial charge is 0.305 e. The second kappa shape index (κ2) is 5.69. The Morgan fingerprint density at radius 3 is 2.42 bits per heavy atom. The van der Waals surface area contributed by atoms with E-state index in [2.05, 4.69) is 21.3 Å². The molecule has 0 aromatic carbocycles. The molecule has 0 radical (unpaired) electrons. The zero-order chi connectivity index (χ0) is 17.9. The molecule has 4 saturated carbocycles. The van der Waals surface area contributed by atoms with Crippen LogP contribution in [0.4, 0.5) is 5.82 Å². The summed E-state index contributed by atoms with van der Waals surface area (Å²) < 4.78 is 3.97. The summed E-state index contributed by atoms with van der Waals surface area (Å²) in [5.41, 5.74) is 1.57. The van der Waals surface area contributed by atoms with Gasteiger partial charge in [-0.15, -0.1) is 0 Å². The van der Waals surface area contributed by atoms with Gasteiger partial charge in [-0.05, 0) is 70.1 Å². The molecule has 4 bridgehead atoms. The van der Waals surface area contributed by atoms with Gasteiger partial charge >= 0.3 is 0 Å². The van der Waals surface area contributed by atoms with Crippen LogP contribution in [0.5, 0.6) is 0 Å². The maximum absolute atomic E-state index is 12.6. The molecule has 6 nitrogen and oxygen atoms in total. The molecule has 1 N–H and O–H groups in total. The highest BCUT2D eigenvalue weighted by Gasteiger charge is 2.52.